The molecule has 112 valence electrons. The minimum Gasteiger partial charge on any atom is -0.379 e. The molecule has 0 fully saturated rings. The van der Waals surface area contributed by atoms with Gasteiger partial charge < -0.3 is 5.32 Å². The number of nitro benzene ring substituents is 1. The van der Waals surface area contributed by atoms with Gasteiger partial charge >= 0.3 is 6.18 Å². The van der Waals surface area contributed by atoms with Crippen LogP contribution in [0.15, 0.2) is 18.2 Å². The van der Waals surface area contributed by atoms with E-state index in [1.54, 1.807) is 0 Å². The number of nitrogens with one attached hydrogen (secondary N) is 1. The highest BCUT2D eigenvalue weighted by Gasteiger charge is 2.33. The summed E-state index contributed by atoms with van der Waals surface area (Å²) in [5.41, 5.74) is -1.45. The van der Waals surface area contributed by atoms with Gasteiger partial charge in [-0.05, 0) is 24.5 Å². The Morgan fingerprint density at radius 1 is 1.40 bits per heavy atom. The van der Waals surface area contributed by atoms with E-state index < -0.39 is 22.4 Å². The van der Waals surface area contributed by atoms with Crippen LogP contribution in [-0.4, -0.2) is 11.5 Å². The topological polar surface area (TPSA) is 55.2 Å². The van der Waals surface area contributed by atoms with Crippen LogP contribution in [0.2, 0.25) is 0 Å². The smallest absolute Gasteiger partial charge is 0.379 e. The highest BCUT2D eigenvalue weighted by molar-refractivity contribution is 5.62. The lowest BCUT2D eigenvalue weighted by Crippen LogP contribution is -2.13. The van der Waals surface area contributed by atoms with Crippen LogP contribution < -0.4 is 5.32 Å². The van der Waals surface area contributed by atoms with Crippen LogP contribution in [0, 0.1) is 16.0 Å². The van der Waals surface area contributed by atoms with Gasteiger partial charge in [-0.2, -0.15) is 13.2 Å². The van der Waals surface area contributed by atoms with Crippen LogP contribution >= 0.6 is 0 Å². The fourth-order valence-corrected chi connectivity index (χ4v) is 1.89. The largest absolute Gasteiger partial charge is 0.416 e. The molecule has 0 amide bonds. The standard InChI is InChI=1S/C13H17F3N2O2/c1-3-4-9(2)8-17-11-6-5-10(13(14,15)16)7-12(11)18(19)20/h5-7,9,17H,3-4,8H2,1-2H3. The predicted octanol–water partition coefficient (Wildman–Crippen LogP) is 4.46. The highest BCUT2D eigenvalue weighted by atomic mass is 19.4. The number of hydrogen-bond acceptors (Lipinski definition) is 3. The van der Waals surface area contributed by atoms with Gasteiger partial charge in [-0.25, -0.2) is 0 Å². The molecular weight excluding hydrogens is 273 g/mol. The molecule has 0 aliphatic carbocycles. The number of anilines is 1. The predicted molar refractivity (Wildman–Crippen MR) is 70.7 cm³/mol. The van der Waals surface area contributed by atoms with E-state index >= 15 is 0 Å². The molecule has 0 saturated carbocycles. The lowest BCUT2D eigenvalue weighted by molar-refractivity contribution is -0.384. The van der Waals surface area contributed by atoms with Gasteiger partial charge in [0.1, 0.15) is 5.69 Å². The lowest BCUT2D eigenvalue weighted by Gasteiger charge is -2.14. The van der Waals surface area contributed by atoms with Crippen molar-refractivity contribution in [2.45, 2.75) is 32.9 Å². The average molecular weight is 290 g/mol. The molecule has 0 spiro atoms. The molecule has 0 saturated heterocycles. The molecule has 0 radical (unpaired) electrons. The van der Waals surface area contributed by atoms with Gasteiger partial charge in [-0.3, -0.25) is 10.1 Å². The van der Waals surface area contributed by atoms with E-state index in [9.17, 15) is 23.3 Å². The zero-order valence-corrected chi connectivity index (χ0v) is 11.3. The fraction of sp³-hybridized carbons (Fsp3) is 0.538. The summed E-state index contributed by atoms with van der Waals surface area (Å²) in [6.07, 6.45) is -2.65. The van der Waals surface area contributed by atoms with Crippen LogP contribution in [-0.2, 0) is 6.18 Å². The van der Waals surface area contributed by atoms with Crippen molar-refractivity contribution in [1.82, 2.24) is 0 Å². The molecule has 1 unspecified atom stereocenters. The van der Waals surface area contributed by atoms with E-state index in [2.05, 4.69) is 5.32 Å². The normalized spacial score (nSPS) is 13.1. The molecule has 4 nitrogen and oxygen atoms in total. The molecule has 1 rings (SSSR count). The van der Waals surface area contributed by atoms with Crippen molar-refractivity contribution in [3.05, 3.63) is 33.9 Å². The molecule has 1 aromatic rings. The Morgan fingerprint density at radius 3 is 2.55 bits per heavy atom. The number of rotatable bonds is 6. The number of benzene rings is 1. The summed E-state index contributed by atoms with van der Waals surface area (Å²) >= 11 is 0. The van der Waals surface area contributed by atoms with Crippen molar-refractivity contribution < 1.29 is 18.1 Å². The van der Waals surface area contributed by atoms with Crippen LogP contribution in [0.4, 0.5) is 24.5 Å². The van der Waals surface area contributed by atoms with Crippen LogP contribution in [0.3, 0.4) is 0 Å². The summed E-state index contributed by atoms with van der Waals surface area (Å²) in [6, 6.07) is 2.52. The highest BCUT2D eigenvalue weighted by Crippen LogP contribution is 2.35. The Morgan fingerprint density at radius 2 is 2.05 bits per heavy atom. The average Bonchev–Trinajstić information content (AvgIpc) is 2.35. The van der Waals surface area contributed by atoms with E-state index in [-0.39, 0.29) is 5.69 Å². The Balaban J connectivity index is 2.94. The van der Waals surface area contributed by atoms with E-state index in [4.69, 9.17) is 0 Å². The molecule has 1 atom stereocenters. The number of nitro groups is 1. The summed E-state index contributed by atoms with van der Waals surface area (Å²) in [6.45, 7) is 4.49. The van der Waals surface area contributed by atoms with Crippen molar-refractivity contribution in [3.8, 4) is 0 Å². The Hall–Kier alpha value is -1.79. The second-order valence-corrected chi connectivity index (χ2v) is 4.76. The van der Waals surface area contributed by atoms with Crippen LogP contribution in [0.5, 0.6) is 0 Å². The monoisotopic (exact) mass is 290 g/mol. The van der Waals surface area contributed by atoms with Crippen molar-refractivity contribution >= 4 is 11.4 Å². The van der Waals surface area contributed by atoms with Gasteiger partial charge in [0.15, 0.2) is 0 Å². The van der Waals surface area contributed by atoms with E-state index in [1.165, 1.54) is 0 Å². The molecule has 0 aromatic heterocycles. The molecule has 0 aliphatic rings. The summed E-state index contributed by atoms with van der Waals surface area (Å²) in [5, 5.41) is 13.7. The molecule has 20 heavy (non-hydrogen) atoms. The number of alkyl halides is 3. The van der Waals surface area contributed by atoms with E-state index in [0.29, 0.717) is 18.5 Å². The lowest BCUT2D eigenvalue weighted by atomic mass is 10.1. The summed E-state index contributed by atoms with van der Waals surface area (Å²) < 4.78 is 37.6. The first-order valence-electron chi connectivity index (χ1n) is 6.35. The minimum atomic E-state index is -4.58. The maximum absolute atomic E-state index is 12.5. The zero-order chi connectivity index (χ0) is 15.3. The SMILES string of the molecule is CCCC(C)CNc1ccc(C(F)(F)F)cc1[N+](=O)[O-]. The Labute approximate surface area is 115 Å². The minimum absolute atomic E-state index is 0.117. The van der Waals surface area contributed by atoms with Crippen LogP contribution in [0.1, 0.15) is 32.3 Å². The number of halogens is 3. The quantitative estimate of drug-likeness (QED) is 0.621. The van der Waals surface area contributed by atoms with Crippen molar-refractivity contribution in [2.75, 3.05) is 11.9 Å². The van der Waals surface area contributed by atoms with Gasteiger partial charge in [0.05, 0.1) is 10.5 Å². The van der Waals surface area contributed by atoms with Crippen molar-refractivity contribution in [2.24, 2.45) is 5.92 Å². The van der Waals surface area contributed by atoms with Gasteiger partial charge in [-0.1, -0.05) is 20.3 Å². The van der Waals surface area contributed by atoms with Gasteiger partial charge in [0, 0.05) is 12.6 Å². The fourth-order valence-electron chi connectivity index (χ4n) is 1.89. The summed E-state index contributed by atoms with van der Waals surface area (Å²) in [4.78, 5) is 10.1. The van der Waals surface area contributed by atoms with Gasteiger partial charge in [0.25, 0.3) is 5.69 Å². The molecular formula is C13H17F3N2O2. The number of hydrogen-bond donors (Lipinski definition) is 1. The maximum Gasteiger partial charge on any atom is 0.416 e. The number of nitrogens with zero attached hydrogens (tertiary/aromatic N) is 1. The summed E-state index contributed by atoms with van der Waals surface area (Å²) in [5.74, 6) is 0.293. The molecule has 7 heteroatoms. The van der Waals surface area contributed by atoms with Crippen LogP contribution in [0.25, 0.3) is 0 Å². The van der Waals surface area contributed by atoms with E-state index in [1.807, 2.05) is 13.8 Å². The third-order valence-corrected chi connectivity index (χ3v) is 2.94. The molecule has 0 heterocycles. The second kappa shape index (κ2) is 6.58. The third kappa shape index (κ3) is 4.40. The molecule has 1 N–H and O–H groups in total. The first-order valence-corrected chi connectivity index (χ1v) is 6.35. The molecule has 0 bridgehead atoms. The van der Waals surface area contributed by atoms with Gasteiger partial charge in [0.2, 0.25) is 0 Å². The third-order valence-electron chi connectivity index (χ3n) is 2.94. The molecule has 1 aromatic carbocycles. The Bertz CT molecular complexity index is 475. The second-order valence-electron chi connectivity index (χ2n) is 4.76. The molecule has 0 aliphatic heterocycles. The van der Waals surface area contributed by atoms with Gasteiger partial charge in [-0.15, -0.1) is 0 Å². The van der Waals surface area contributed by atoms with Crippen molar-refractivity contribution in [3.63, 3.8) is 0 Å². The van der Waals surface area contributed by atoms with Crippen molar-refractivity contribution in [1.29, 1.82) is 0 Å². The van der Waals surface area contributed by atoms with E-state index in [0.717, 1.165) is 25.0 Å². The first-order chi connectivity index (χ1) is 9.25. The first kappa shape index (κ1) is 16.3. The zero-order valence-electron chi connectivity index (χ0n) is 11.3. The Kier molecular flexibility index (Phi) is 5.35. The summed E-state index contributed by atoms with van der Waals surface area (Å²) in [7, 11) is 0. The maximum atomic E-state index is 12.5.